The van der Waals surface area contributed by atoms with Crippen LogP contribution >= 0.6 is 0 Å². The Hall–Kier alpha value is -2.10. The molecule has 0 amide bonds. The van der Waals surface area contributed by atoms with Crippen molar-refractivity contribution < 1.29 is 0 Å². The van der Waals surface area contributed by atoms with E-state index in [1.807, 2.05) is 19.2 Å². The van der Waals surface area contributed by atoms with E-state index in [4.69, 9.17) is 0 Å². The van der Waals surface area contributed by atoms with Crippen LogP contribution in [0.3, 0.4) is 0 Å². The monoisotopic (exact) mass is 242 g/mol. The Morgan fingerprint density at radius 3 is 2.67 bits per heavy atom. The maximum atomic E-state index is 4.34. The number of anilines is 2. The van der Waals surface area contributed by atoms with Crippen LogP contribution in [-0.2, 0) is 6.42 Å². The molecule has 1 unspecified atom stereocenters. The minimum atomic E-state index is 0.326. The lowest BCUT2D eigenvalue weighted by molar-refractivity contribution is 0.784. The summed E-state index contributed by atoms with van der Waals surface area (Å²) in [7, 11) is 1.81. The van der Waals surface area contributed by atoms with E-state index in [9.17, 15) is 0 Å². The fraction of sp³-hybridized carbons (Fsp3) is 0.286. The molecular weight excluding hydrogens is 224 g/mol. The molecule has 4 nitrogen and oxygen atoms in total. The van der Waals surface area contributed by atoms with Gasteiger partial charge in [0.05, 0.1) is 0 Å². The van der Waals surface area contributed by atoms with Gasteiger partial charge in [-0.3, -0.25) is 0 Å². The van der Waals surface area contributed by atoms with Crippen LogP contribution in [-0.4, -0.2) is 23.1 Å². The van der Waals surface area contributed by atoms with Gasteiger partial charge in [0.15, 0.2) is 0 Å². The van der Waals surface area contributed by atoms with Crippen molar-refractivity contribution >= 4 is 11.8 Å². The van der Waals surface area contributed by atoms with Gasteiger partial charge in [0.2, 0.25) is 5.95 Å². The van der Waals surface area contributed by atoms with Crippen LogP contribution in [0.4, 0.5) is 11.8 Å². The van der Waals surface area contributed by atoms with Crippen LogP contribution in [0, 0.1) is 0 Å². The van der Waals surface area contributed by atoms with Crippen molar-refractivity contribution in [3.8, 4) is 0 Å². The van der Waals surface area contributed by atoms with Crippen molar-refractivity contribution in [3.63, 3.8) is 0 Å². The highest BCUT2D eigenvalue weighted by Gasteiger charge is 2.04. The molecule has 0 fully saturated rings. The fourth-order valence-electron chi connectivity index (χ4n) is 1.83. The molecule has 4 heteroatoms. The molecule has 1 aromatic heterocycles. The Kier molecular flexibility index (Phi) is 4.12. The van der Waals surface area contributed by atoms with Gasteiger partial charge in [-0.25, -0.2) is 4.98 Å². The first kappa shape index (κ1) is 12.4. The summed E-state index contributed by atoms with van der Waals surface area (Å²) >= 11 is 0. The molecule has 0 saturated carbocycles. The van der Waals surface area contributed by atoms with Crippen molar-refractivity contribution in [1.82, 2.24) is 9.97 Å². The molecule has 0 aliphatic carbocycles. The summed E-state index contributed by atoms with van der Waals surface area (Å²) in [4.78, 5) is 8.43. The number of nitrogens with one attached hydrogen (secondary N) is 2. The molecule has 1 aromatic carbocycles. The Labute approximate surface area is 107 Å². The lowest BCUT2D eigenvalue weighted by atomic mass is 10.1. The summed E-state index contributed by atoms with van der Waals surface area (Å²) in [6.07, 6.45) is 2.72. The first-order valence-electron chi connectivity index (χ1n) is 6.09. The molecule has 94 valence electrons. The Morgan fingerprint density at radius 1 is 1.17 bits per heavy atom. The number of rotatable bonds is 5. The zero-order valence-corrected chi connectivity index (χ0v) is 10.7. The first-order valence-corrected chi connectivity index (χ1v) is 6.09. The summed E-state index contributed by atoms with van der Waals surface area (Å²) in [5.74, 6) is 1.48. The molecular formula is C14H18N4. The van der Waals surface area contributed by atoms with Gasteiger partial charge in [-0.15, -0.1) is 0 Å². The third-order valence-electron chi connectivity index (χ3n) is 2.66. The summed E-state index contributed by atoms with van der Waals surface area (Å²) in [5, 5.41) is 6.30. The molecule has 18 heavy (non-hydrogen) atoms. The summed E-state index contributed by atoms with van der Waals surface area (Å²) < 4.78 is 0. The molecule has 1 atom stereocenters. The van der Waals surface area contributed by atoms with Gasteiger partial charge in [-0.05, 0) is 25.0 Å². The number of nitrogens with zero attached hydrogens (tertiary/aromatic N) is 2. The number of benzene rings is 1. The second kappa shape index (κ2) is 6.00. The van der Waals surface area contributed by atoms with Gasteiger partial charge in [-0.2, -0.15) is 4.98 Å². The Bertz CT molecular complexity index is 484. The van der Waals surface area contributed by atoms with Crippen molar-refractivity contribution in [2.75, 3.05) is 17.7 Å². The minimum absolute atomic E-state index is 0.326. The normalized spacial score (nSPS) is 11.9. The average Bonchev–Trinajstić information content (AvgIpc) is 2.40. The Balaban J connectivity index is 1.96. The summed E-state index contributed by atoms with van der Waals surface area (Å²) in [5.41, 5.74) is 1.32. The highest BCUT2D eigenvalue weighted by molar-refractivity contribution is 5.40. The molecule has 2 aromatic rings. The molecule has 2 rings (SSSR count). The third kappa shape index (κ3) is 3.45. The highest BCUT2D eigenvalue weighted by atomic mass is 15.1. The second-order valence-electron chi connectivity index (χ2n) is 4.25. The van der Waals surface area contributed by atoms with Crippen molar-refractivity contribution in [3.05, 3.63) is 48.2 Å². The van der Waals surface area contributed by atoms with E-state index in [0.29, 0.717) is 12.0 Å². The number of hydrogen-bond acceptors (Lipinski definition) is 4. The SMILES string of the molecule is CNc1nccc(NC(C)Cc2ccccc2)n1. The first-order chi connectivity index (χ1) is 8.78. The lowest BCUT2D eigenvalue weighted by Gasteiger charge is -2.14. The van der Waals surface area contributed by atoms with Gasteiger partial charge in [0, 0.05) is 19.3 Å². The fourth-order valence-corrected chi connectivity index (χ4v) is 1.83. The standard InChI is InChI=1S/C14H18N4/c1-11(10-12-6-4-3-5-7-12)17-13-8-9-16-14(15-2)18-13/h3-9,11H,10H2,1-2H3,(H2,15,16,17,18). The van der Waals surface area contributed by atoms with Crippen molar-refractivity contribution in [2.24, 2.45) is 0 Å². The zero-order valence-electron chi connectivity index (χ0n) is 10.7. The second-order valence-corrected chi connectivity index (χ2v) is 4.25. The lowest BCUT2D eigenvalue weighted by Crippen LogP contribution is -2.19. The molecule has 0 aliphatic rings. The van der Waals surface area contributed by atoms with E-state index in [0.717, 1.165) is 12.2 Å². The van der Waals surface area contributed by atoms with Crippen molar-refractivity contribution in [2.45, 2.75) is 19.4 Å². The predicted molar refractivity (Wildman–Crippen MR) is 74.8 cm³/mol. The van der Waals surface area contributed by atoms with Gasteiger partial charge >= 0.3 is 0 Å². The molecule has 0 saturated heterocycles. The maximum Gasteiger partial charge on any atom is 0.224 e. The van der Waals surface area contributed by atoms with Crippen molar-refractivity contribution in [1.29, 1.82) is 0 Å². The van der Waals surface area contributed by atoms with Crippen LogP contribution in [0.25, 0.3) is 0 Å². The van der Waals surface area contributed by atoms with Crippen LogP contribution < -0.4 is 10.6 Å². The number of hydrogen-bond donors (Lipinski definition) is 2. The van der Waals surface area contributed by atoms with Crippen LogP contribution in [0.2, 0.25) is 0 Å². The molecule has 0 radical (unpaired) electrons. The predicted octanol–water partition coefficient (Wildman–Crippen LogP) is 2.56. The molecule has 0 aliphatic heterocycles. The Morgan fingerprint density at radius 2 is 1.94 bits per heavy atom. The molecule has 0 spiro atoms. The van der Waals surface area contributed by atoms with E-state index >= 15 is 0 Å². The van der Waals surface area contributed by atoms with E-state index in [-0.39, 0.29) is 0 Å². The summed E-state index contributed by atoms with van der Waals surface area (Å²) in [6.45, 7) is 2.15. The molecule has 2 N–H and O–H groups in total. The number of aromatic nitrogens is 2. The molecule has 0 bridgehead atoms. The topological polar surface area (TPSA) is 49.8 Å². The van der Waals surface area contributed by atoms with Gasteiger partial charge in [0.1, 0.15) is 5.82 Å². The molecule has 1 heterocycles. The summed E-state index contributed by atoms with van der Waals surface area (Å²) in [6, 6.07) is 12.6. The smallest absolute Gasteiger partial charge is 0.224 e. The van der Waals surface area contributed by atoms with E-state index < -0.39 is 0 Å². The van der Waals surface area contributed by atoms with Crippen LogP contribution in [0.1, 0.15) is 12.5 Å². The van der Waals surface area contributed by atoms with Crippen LogP contribution in [0.15, 0.2) is 42.6 Å². The largest absolute Gasteiger partial charge is 0.367 e. The van der Waals surface area contributed by atoms with Gasteiger partial charge in [-0.1, -0.05) is 30.3 Å². The quantitative estimate of drug-likeness (QED) is 0.846. The van der Waals surface area contributed by atoms with E-state index in [1.165, 1.54) is 5.56 Å². The third-order valence-corrected chi connectivity index (χ3v) is 2.66. The van der Waals surface area contributed by atoms with E-state index in [1.54, 1.807) is 6.20 Å². The average molecular weight is 242 g/mol. The maximum absolute atomic E-state index is 4.34. The zero-order chi connectivity index (χ0) is 12.8. The minimum Gasteiger partial charge on any atom is -0.367 e. The van der Waals surface area contributed by atoms with Gasteiger partial charge < -0.3 is 10.6 Å². The highest BCUT2D eigenvalue weighted by Crippen LogP contribution is 2.10. The van der Waals surface area contributed by atoms with Gasteiger partial charge in [0.25, 0.3) is 0 Å². The van der Waals surface area contributed by atoms with Crippen LogP contribution in [0.5, 0.6) is 0 Å². The van der Waals surface area contributed by atoms with E-state index in [2.05, 4.69) is 51.8 Å².